The highest BCUT2D eigenvalue weighted by molar-refractivity contribution is 14.0. The second-order valence-electron chi connectivity index (χ2n) is 8.13. The smallest absolute Gasteiger partial charge is 0.225 e. The van der Waals surface area contributed by atoms with Gasteiger partial charge in [0.25, 0.3) is 0 Å². The summed E-state index contributed by atoms with van der Waals surface area (Å²) in [5.41, 5.74) is 5.20. The zero-order chi connectivity index (χ0) is 19.1. The molecule has 0 spiro atoms. The van der Waals surface area contributed by atoms with E-state index in [0.29, 0.717) is 18.9 Å². The van der Waals surface area contributed by atoms with Crippen molar-refractivity contribution in [3.63, 3.8) is 0 Å². The maximum atomic E-state index is 12.0. The molecule has 1 saturated carbocycles. The predicted octanol–water partition coefficient (Wildman–Crippen LogP) is 3.48. The van der Waals surface area contributed by atoms with Crippen LogP contribution in [0.2, 0.25) is 0 Å². The van der Waals surface area contributed by atoms with Crippen molar-refractivity contribution in [2.45, 2.75) is 24.7 Å². The van der Waals surface area contributed by atoms with Crippen molar-refractivity contribution in [3.8, 4) is 0 Å². The quantitative estimate of drug-likeness (QED) is 0.341. The zero-order valence-electron chi connectivity index (χ0n) is 16.5. The maximum absolute atomic E-state index is 12.0. The van der Waals surface area contributed by atoms with E-state index in [2.05, 4.69) is 51.3 Å². The fourth-order valence-electron chi connectivity index (χ4n) is 5.10. The number of rotatable bonds is 4. The van der Waals surface area contributed by atoms with E-state index in [4.69, 9.17) is 0 Å². The highest BCUT2D eigenvalue weighted by Crippen LogP contribution is 2.60. The predicted molar refractivity (Wildman–Crippen MR) is 127 cm³/mol. The highest BCUT2D eigenvalue weighted by atomic mass is 127. The van der Waals surface area contributed by atoms with Crippen molar-refractivity contribution in [2.75, 3.05) is 25.5 Å². The van der Waals surface area contributed by atoms with Gasteiger partial charge in [-0.3, -0.25) is 9.79 Å². The minimum Gasteiger partial charge on any atom is -0.356 e. The third-order valence-corrected chi connectivity index (χ3v) is 6.55. The van der Waals surface area contributed by atoms with Crippen LogP contribution in [-0.2, 0) is 11.2 Å². The number of halogens is 1. The number of hydrogen-bond donors (Lipinski definition) is 3. The van der Waals surface area contributed by atoms with Gasteiger partial charge in [-0.1, -0.05) is 42.5 Å². The fourth-order valence-corrected chi connectivity index (χ4v) is 5.10. The largest absolute Gasteiger partial charge is 0.356 e. The first-order valence-corrected chi connectivity index (χ1v) is 10.2. The van der Waals surface area contributed by atoms with Crippen LogP contribution in [0.15, 0.2) is 53.5 Å². The summed E-state index contributed by atoms with van der Waals surface area (Å²) in [5, 5.41) is 9.89. The molecule has 3 N–H and O–H groups in total. The molecule has 5 rings (SSSR count). The van der Waals surface area contributed by atoms with Crippen LogP contribution in [0.5, 0.6) is 0 Å². The lowest BCUT2D eigenvalue weighted by molar-refractivity contribution is -0.116. The fraction of sp³-hybridized carbons (Fsp3) is 0.391. The van der Waals surface area contributed by atoms with E-state index in [0.717, 1.165) is 30.0 Å². The number of carbonyl (C=O) groups excluding carboxylic acids is 1. The molecular formula is C23H27IN4O. The van der Waals surface area contributed by atoms with Crippen molar-refractivity contribution < 1.29 is 4.79 Å². The van der Waals surface area contributed by atoms with Crippen LogP contribution in [-0.4, -0.2) is 32.0 Å². The number of guanidine groups is 1. The topological polar surface area (TPSA) is 65.5 Å². The Morgan fingerprint density at radius 1 is 1.03 bits per heavy atom. The molecule has 1 aliphatic heterocycles. The third kappa shape index (κ3) is 3.86. The van der Waals surface area contributed by atoms with Crippen molar-refractivity contribution in [1.29, 1.82) is 0 Å². The summed E-state index contributed by atoms with van der Waals surface area (Å²) < 4.78 is 0. The number of amides is 1. The van der Waals surface area contributed by atoms with Crippen LogP contribution < -0.4 is 16.0 Å². The molecule has 1 fully saturated rings. The Labute approximate surface area is 188 Å². The molecule has 0 saturated heterocycles. The molecule has 3 aliphatic rings. The zero-order valence-corrected chi connectivity index (χ0v) is 18.9. The molecule has 29 heavy (non-hydrogen) atoms. The Hall–Kier alpha value is -2.09. The van der Waals surface area contributed by atoms with Gasteiger partial charge >= 0.3 is 0 Å². The van der Waals surface area contributed by atoms with Gasteiger partial charge in [0.1, 0.15) is 0 Å². The van der Waals surface area contributed by atoms with Crippen LogP contribution >= 0.6 is 24.0 Å². The number of fused-ring (bicyclic) bond motifs is 4. The maximum Gasteiger partial charge on any atom is 0.225 e. The minimum absolute atomic E-state index is 0. The van der Waals surface area contributed by atoms with E-state index in [-0.39, 0.29) is 35.8 Å². The SMILES string of the molecule is CN=C(NCC1CC(=O)Nc2ccccc21)NCC1C2Cc3ccccc3C12.I. The second kappa shape index (κ2) is 8.34. The summed E-state index contributed by atoms with van der Waals surface area (Å²) >= 11 is 0. The van der Waals surface area contributed by atoms with Gasteiger partial charge in [0.2, 0.25) is 5.91 Å². The summed E-state index contributed by atoms with van der Waals surface area (Å²) in [5.74, 6) is 3.28. The van der Waals surface area contributed by atoms with Crippen molar-refractivity contribution in [2.24, 2.45) is 16.8 Å². The van der Waals surface area contributed by atoms with E-state index >= 15 is 0 Å². The Bertz CT molecular complexity index is 944. The molecule has 0 radical (unpaired) electrons. The number of anilines is 1. The molecule has 2 aromatic carbocycles. The molecule has 152 valence electrons. The van der Waals surface area contributed by atoms with Gasteiger partial charge in [0.05, 0.1) is 0 Å². The van der Waals surface area contributed by atoms with Gasteiger partial charge in [-0.15, -0.1) is 24.0 Å². The molecule has 2 aliphatic carbocycles. The third-order valence-electron chi connectivity index (χ3n) is 6.55. The van der Waals surface area contributed by atoms with Gasteiger partial charge in [0.15, 0.2) is 5.96 Å². The average molecular weight is 502 g/mol. The highest BCUT2D eigenvalue weighted by Gasteiger charge is 2.54. The van der Waals surface area contributed by atoms with E-state index in [1.165, 1.54) is 17.5 Å². The van der Waals surface area contributed by atoms with Crippen LogP contribution in [0, 0.1) is 11.8 Å². The Morgan fingerprint density at radius 2 is 1.76 bits per heavy atom. The molecule has 0 aromatic heterocycles. The molecule has 0 bridgehead atoms. The number of para-hydroxylation sites is 1. The first kappa shape index (κ1) is 20.2. The molecule has 6 heteroatoms. The summed E-state index contributed by atoms with van der Waals surface area (Å²) in [4.78, 5) is 16.4. The summed E-state index contributed by atoms with van der Waals surface area (Å²) in [6.07, 6.45) is 1.72. The van der Waals surface area contributed by atoms with Gasteiger partial charge in [-0.2, -0.15) is 0 Å². The number of nitrogens with one attached hydrogen (secondary N) is 3. The van der Waals surface area contributed by atoms with Gasteiger partial charge in [-0.25, -0.2) is 0 Å². The lowest BCUT2D eigenvalue weighted by Gasteiger charge is -2.26. The van der Waals surface area contributed by atoms with E-state index < -0.39 is 0 Å². The molecule has 1 amide bonds. The molecule has 2 aromatic rings. The number of hydrogen-bond acceptors (Lipinski definition) is 2. The van der Waals surface area contributed by atoms with Crippen LogP contribution in [0.25, 0.3) is 0 Å². The average Bonchev–Trinajstić information content (AvgIpc) is 3.25. The number of benzene rings is 2. The Kier molecular flexibility index (Phi) is 5.81. The van der Waals surface area contributed by atoms with E-state index in [1.807, 2.05) is 18.2 Å². The second-order valence-corrected chi connectivity index (χ2v) is 8.13. The number of aliphatic imine (C=N–C) groups is 1. The molecule has 4 atom stereocenters. The Morgan fingerprint density at radius 3 is 2.59 bits per heavy atom. The van der Waals surface area contributed by atoms with Gasteiger partial charge in [0, 0.05) is 38.2 Å². The summed E-state index contributed by atoms with van der Waals surface area (Å²) in [6, 6.07) is 16.9. The van der Waals surface area contributed by atoms with E-state index in [1.54, 1.807) is 12.6 Å². The lowest BCUT2D eigenvalue weighted by atomic mass is 9.90. The monoisotopic (exact) mass is 502 g/mol. The molecular weight excluding hydrogens is 475 g/mol. The normalized spacial score (nSPS) is 26.4. The molecule has 4 unspecified atom stereocenters. The van der Waals surface area contributed by atoms with Crippen molar-refractivity contribution in [1.82, 2.24) is 10.6 Å². The molecule has 1 heterocycles. The first-order valence-electron chi connectivity index (χ1n) is 10.2. The first-order chi connectivity index (χ1) is 13.7. The number of nitrogens with zero attached hydrogens (tertiary/aromatic N) is 1. The standard InChI is InChI=1S/C23H26N4O.HI/c1-24-23(25-12-15-11-21(28)27-20-9-5-4-7-16(15)20)26-13-19-18-10-14-6-2-3-8-17(14)22(18)19;/h2-9,15,18-19,22H,10-13H2,1H3,(H,27,28)(H2,24,25,26);1H. The van der Waals surface area contributed by atoms with Crippen molar-refractivity contribution >= 4 is 41.5 Å². The number of carbonyl (C=O) groups is 1. The summed E-state index contributed by atoms with van der Waals surface area (Å²) in [7, 11) is 1.81. The van der Waals surface area contributed by atoms with Gasteiger partial charge in [-0.05, 0) is 46.9 Å². The summed E-state index contributed by atoms with van der Waals surface area (Å²) in [6.45, 7) is 1.65. The van der Waals surface area contributed by atoms with E-state index in [9.17, 15) is 4.79 Å². The lowest BCUT2D eigenvalue weighted by Crippen LogP contribution is -2.41. The Balaban J connectivity index is 0.00000205. The van der Waals surface area contributed by atoms with Crippen LogP contribution in [0.3, 0.4) is 0 Å². The van der Waals surface area contributed by atoms with Crippen LogP contribution in [0.4, 0.5) is 5.69 Å². The van der Waals surface area contributed by atoms with Crippen LogP contribution in [0.1, 0.15) is 34.9 Å². The van der Waals surface area contributed by atoms with Crippen molar-refractivity contribution in [3.05, 3.63) is 65.2 Å². The molecule has 5 nitrogen and oxygen atoms in total. The minimum atomic E-state index is 0. The van der Waals surface area contributed by atoms with Gasteiger partial charge < -0.3 is 16.0 Å².